The summed E-state index contributed by atoms with van der Waals surface area (Å²) >= 11 is 0. The number of para-hydroxylation sites is 1. The van der Waals surface area contributed by atoms with E-state index in [4.69, 9.17) is 4.42 Å². The molecule has 1 amide bonds. The molecule has 0 radical (unpaired) electrons. The molecule has 3 aromatic carbocycles. The highest BCUT2D eigenvalue weighted by Gasteiger charge is 2.26. The zero-order chi connectivity index (χ0) is 29.4. The summed E-state index contributed by atoms with van der Waals surface area (Å²) < 4.78 is 47.2. The minimum Gasteiger partial charge on any atom is -0.464 e. The first kappa shape index (κ1) is 29.9. The van der Waals surface area contributed by atoms with Crippen molar-refractivity contribution in [2.45, 2.75) is 33.4 Å². The van der Waals surface area contributed by atoms with Gasteiger partial charge in [-0.3, -0.25) is 9.59 Å². The first-order valence-electron chi connectivity index (χ1n) is 13.4. The molecule has 0 saturated carbocycles. The quantitative estimate of drug-likeness (QED) is 0.212. The number of carbonyl (C=O) groups excluding carboxylic acids is 1. The van der Waals surface area contributed by atoms with Crippen LogP contribution in [0.15, 0.2) is 99.7 Å². The van der Waals surface area contributed by atoms with Gasteiger partial charge in [-0.15, -0.1) is 0 Å². The predicted octanol–water partition coefficient (Wildman–Crippen LogP) is 5.81. The molecule has 1 heterocycles. The summed E-state index contributed by atoms with van der Waals surface area (Å²) in [6, 6.07) is 21.5. The Kier molecular flexibility index (Phi) is 9.86. The number of carbonyl (C=O) groups is 1. The summed E-state index contributed by atoms with van der Waals surface area (Å²) in [4.78, 5) is 28.4. The van der Waals surface area contributed by atoms with E-state index in [0.29, 0.717) is 28.5 Å². The molecule has 0 N–H and O–H groups in total. The number of rotatable bonds is 12. The molecule has 1 aromatic heterocycles. The topological polar surface area (TPSA) is 87.9 Å². The number of sulfonamides is 1. The van der Waals surface area contributed by atoms with Crippen molar-refractivity contribution in [3.8, 4) is 0 Å². The largest absolute Gasteiger partial charge is 0.464 e. The van der Waals surface area contributed by atoms with Crippen LogP contribution in [-0.2, 0) is 27.9 Å². The monoisotopic (exact) mass is 576 g/mol. The highest BCUT2D eigenvalue weighted by Crippen LogP contribution is 2.17. The molecule has 4 aromatic rings. The van der Waals surface area contributed by atoms with Crippen LogP contribution in [0.5, 0.6) is 0 Å². The maximum atomic E-state index is 13.8. The number of hydrogen-bond donors (Lipinski definition) is 0. The molecular formula is C32H33FN2O5S. The molecular weight excluding hydrogens is 543 g/mol. The van der Waals surface area contributed by atoms with E-state index in [1.54, 1.807) is 48.5 Å². The van der Waals surface area contributed by atoms with Crippen LogP contribution in [0.25, 0.3) is 17.0 Å². The summed E-state index contributed by atoms with van der Waals surface area (Å²) in [6.45, 7) is 3.62. The molecule has 9 heteroatoms. The highest BCUT2D eigenvalue weighted by molar-refractivity contribution is 7.92. The van der Waals surface area contributed by atoms with Gasteiger partial charge in [-0.25, -0.2) is 12.8 Å². The smallest absolute Gasteiger partial charge is 0.238 e. The number of halogens is 1. The molecule has 0 saturated heterocycles. The van der Waals surface area contributed by atoms with Gasteiger partial charge in [0, 0.05) is 18.5 Å². The van der Waals surface area contributed by atoms with Crippen molar-refractivity contribution >= 4 is 33.0 Å². The molecule has 4 rings (SSSR count). The summed E-state index contributed by atoms with van der Waals surface area (Å²) in [6.07, 6.45) is 3.38. The minimum atomic E-state index is -3.96. The number of hydrogen-bond acceptors (Lipinski definition) is 5. The first-order chi connectivity index (χ1) is 19.6. The molecule has 214 valence electrons. The summed E-state index contributed by atoms with van der Waals surface area (Å²) in [5, 5.41) is 1.49. The number of benzene rings is 3. The Balaban J connectivity index is 1.64. The van der Waals surface area contributed by atoms with E-state index in [0.717, 1.165) is 9.71 Å². The maximum absolute atomic E-state index is 13.8. The normalized spacial score (nSPS) is 12.0. The van der Waals surface area contributed by atoms with E-state index in [9.17, 15) is 22.4 Å². The van der Waals surface area contributed by atoms with E-state index in [1.807, 2.05) is 32.0 Å². The number of amides is 1. The Morgan fingerprint density at radius 1 is 0.951 bits per heavy atom. The SMILES string of the molecule is CC(C)CCN(CC(=O)N(Cc1ccc(F)cc1)Cc1coc2ccccc2c1=O)S(=O)(=O)C=Cc1ccccc1. The van der Waals surface area contributed by atoms with E-state index < -0.39 is 28.3 Å². The van der Waals surface area contributed by atoms with Gasteiger partial charge in [-0.05, 0) is 53.8 Å². The van der Waals surface area contributed by atoms with Crippen molar-refractivity contribution in [2.75, 3.05) is 13.1 Å². The lowest BCUT2D eigenvalue weighted by atomic mass is 10.1. The molecule has 0 aliphatic heterocycles. The van der Waals surface area contributed by atoms with Gasteiger partial charge >= 0.3 is 0 Å². The van der Waals surface area contributed by atoms with Crippen LogP contribution in [0.3, 0.4) is 0 Å². The van der Waals surface area contributed by atoms with Gasteiger partial charge in [0.1, 0.15) is 11.4 Å². The van der Waals surface area contributed by atoms with Crippen LogP contribution in [0.4, 0.5) is 4.39 Å². The highest BCUT2D eigenvalue weighted by atomic mass is 32.2. The zero-order valence-electron chi connectivity index (χ0n) is 23.1. The maximum Gasteiger partial charge on any atom is 0.238 e. The van der Waals surface area contributed by atoms with E-state index >= 15 is 0 Å². The van der Waals surface area contributed by atoms with Crippen molar-refractivity contribution in [3.05, 3.63) is 123 Å². The Bertz CT molecular complexity index is 1670. The van der Waals surface area contributed by atoms with E-state index in [1.165, 1.54) is 29.4 Å². The molecule has 41 heavy (non-hydrogen) atoms. The van der Waals surface area contributed by atoms with Gasteiger partial charge in [-0.2, -0.15) is 4.31 Å². The Hall–Kier alpha value is -4.08. The van der Waals surface area contributed by atoms with Gasteiger partial charge in [0.05, 0.1) is 30.3 Å². The van der Waals surface area contributed by atoms with Crippen molar-refractivity contribution in [3.63, 3.8) is 0 Å². The molecule has 0 aliphatic rings. The van der Waals surface area contributed by atoms with Crippen LogP contribution in [0, 0.1) is 11.7 Å². The molecule has 0 unspecified atom stereocenters. The third-order valence-electron chi connectivity index (χ3n) is 6.61. The standard InChI is InChI=1S/C32H33FN2O5S/c1-24(2)16-18-35(41(38,39)19-17-25-8-4-3-5-9-25)22-31(36)34(20-26-12-14-28(33)15-13-26)21-27-23-40-30-11-7-6-10-29(30)32(27)37/h3-15,17,19,23-24H,16,18,20-22H2,1-2H3. The van der Waals surface area contributed by atoms with Crippen LogP contribution >= 0.6 is 0 Å². The average molecular weight is 577 g/mol. The second kappa shape index (κ2) is 13.5. The minimum absolute atomic E-state index is 0.0449. The van der Waals surface area contributed by atoms with Crippen molar-refractivity contribution < 1.29 is 22.0 Å². The number of nitrogens with zero attached hydrogens (tertiary/aromatic N) is 2. The summed E-state index contributed by atoms with van der Waals surface area (Å²) in [7, 11) is -3.96. The van der Waals surface area contributed by atoms with Crippen LogP contribution in [0.2, 0.25) is 0 Å². The lowest BCUT2D eigenvalue weighted by Crippen LogP contribution is -2.43. The van der Waals surface area contributed by atoms with E-state index in [2.05, 4.69) is 0 Å². The average Bonchev–Trinajstić information content (AvgIpc) is 2.96. The van der Waals surface area contributed by atoms with Crippen LogP contribution in [0.1, 0.15) is 37.0 Å². The second-order valence-corrected chi connectivity index (χ2v) is 12.1. The first-order valence-corrected chi connectivity index (χ1v) is 14.9. The zero-order valence-corrected chi connectivity index (χ0v) is 23.9. The molecule has 0 aliphatic carbocycles. The van der Waals surface area contributed by atoms with Gasteiger partial charge in [0.2, 0.25) is 15.9 Å². The molecule has 0 fully saturated rings. The summed E-state index contributed by atoms with van der Waals surface area (Å²) in [5.41, 5.74) is 1.74. The van der Waals surface area contributed by atoms with Crippen LogP contribution < -0.4 is 5.43 Å². The third kappa shape index (κ3) is 8.22. The number of fused-ring (bicyclic) bond motifs is 1. The third-order valence-corrected chi connectivity index (χ3v) is 8.12. The van der Waals surface area contributed by atoms with Crippen LogP contribution in [-0.4, -0.2) is 36.6 Å². The van der Waals surface area contributed by atoms with Gasteiger partial charge in [0.25, 0.3) is 0 Å². The van der Waals surface area contributed by atoms with Crippen molar-refractivity contribution in [2.24, 2.45) is 5.92 Å². The molecule has 0 atom stereocenters. The van der Waals surface area contributed by atoms with Gasteiger partial charge < -0.3 is 9.32 Å². The van der Waals surface area contributed by atoms with Crippen molar-refractivity contribution in [1.82, 2.24) is 9.21 Å². The van der Waals surface area contributed by atoms with Gasteiger partial charge in [0.15, 0.2) is 5.43 Å². The second-order valence-electron chi connectivity index (χ2n) is 10.2. The van der Waals surface area contributed by atoms with E-state index in [-0.39, 0.29) is 36.5 Å². The predicted molar refractivity (Wildman–Crippen MR) is 159 cm³/mol. The fraction of sp³-hybridized carbons (Fsp3) is 0.250. The molecule has 7 nitrogen and oxygen atoms in total. The fourth-order valence-electron chi connectivity index (χ4n) is 4.24. The molecule has 0 spiro atoms. The lowest BCUT2D eigenvalue weighted by Gasteiger charge is -2.27. The fourth-order valence-corrected chi connectivity index (χ4v) is 5.39. The lowest BCUT2D eigenvalue weighted by molar-refractivity contribution is -0.132. The van der Waals surface area contributed by atoms with Gasteiger partial charge in [-0.1, -0.05) is 68.4 Å². The Morgan fingerprint density at radius 2 is 1.63 bits per heavy atom. The Labute approximate surface area is 239 Å². The summed E-state index contributed by atoms with van der Waals surface area (Å²) in [5.74, 6) is -0.710. The Morgan fingerprint density at radius 3 is 2.34 bits per heavy atom. The molecule has 0 bridgehead atoms. The van der Waals surface area contributed by atoms with Crippen molar-refractivity contribution in [1.29, 1.82) is 0 Å².